The lowest BCUT2D eigenvalue weighted by molar-refractivity contribution is 0.711. The van der Waals surface area contributed by atoms with Gasteiger partial charge < -0.3 is 4.90 Å². The molecular formula is C30H22ClN. The average molecular weight is 432 g/mol. The van der Waals surface area contributed by atoms with Crippen molar-refractivity contribution in [1.29, 1.82) is 0 Å². The highest BCUT2D eigenvalue weighted by Gasteiger charge is 2.42. The van der Waals surface area contributed by atoms with Gasteiger partial charge in [-0.05, 0) is 47.0 Å². The number of benzene rings is 4. The number of rotatable bonds is 3. The summed E-state index contributed by atoms with van der Waals surface area (Å²) in [5.74, 6) is 0.427. The first-order valence-electron chi connectivity index (χ1n) is 11.0. The summed E-state index contributed by atoms with van der Waals surface area (Å²) in [6.07, 6.45) is 4.67. The van der Waals surface area contributed by atoms with E-state index in [9.17, 15) is 0 Å². The lowest BCUT2D eigenvalue weighted by atomic mass is 9.75. The standard InChI is InChI=1S/C30H22ClN/c31-23-16-19-28-27(20-23)29-25(21-10-4-1-5-11-21)17-18-26(22-12-6-2-7-13-22)30(29)32(28)24-14-8-3-9-15-24/h1-20,25,29H. The van der Waals surface area contributed by atoms with Crippen LogP contribution in [0.15, 0.2) is 127 Å². The van der Waals surface area contributed by atoms with E-state index < -0.39 is 0 Å². The SMILES string of the molecule is Clc1ccc2c(c1)C1C(=C(c3ccccc3)C=CC1c1ccccc1)N2c1ccccc1. The van der Waals surface area contributed by atoms with Crippen LogP contribution in [0.1, 0.15) is 28.5 Å². The minimum atomic E-state index is 0.187. The highest BCUT2D eigenvalue weighted by molar-refractivity contribution is 6.30. The third kappa shape index (κ3) is 3.09. The number of halogens is 1. The molecule has 2 unspecified atom stereocenters. The van der Waals surface area contributed by atoms with Crippen LogP contribution in [0.4, 0.5) is 11.4 Å². The zero-order valence-electron chi connectivity index (χ0n) is 17.5. The van der Waals surface area contributed by atoms with Gasteiger partial charge in [-0.3, -0.25) is 0 Å². The zero-order chi connectivity index (χ0) is 21.5. The van der Waals surface area contributed by atoms with Crippen LogP contribution in [-0.2, 0) is 0 Å². The summed E-state index contributed by atoms with van der Waals surface area (Å²) in [7, 11) is 0. The Morgan fingerprint density at radius 3 is 2.06 bits per heavy atom. The second kappa shape index (κ2) is 7.85. The fourth-order valence-electron chi connectivity index (χ4n) is 5.14. The van der Waals surface area contributed by atoms with E-state index >= 15 is 0 Å². The van der Waals surface area contributed by atoms with Crippen molar-refractivity contribution in [2.45, 2.75) is 11.8 Å². The van der Waals surface area contributed by atoms with Crippen LogP contribution < -0.4 is 4.90 Å². The van der Waals surface area contributed by atoms with Crippen molar-refractivity contribution in [3.63, 3.8) is 0 Å². The fraction of sp³-hybridized carbons (Fsp3) is 0.0667. The van der Waals surface area contributed by atoms with E-state index in [1.54, 1.807) is 0 Å². The molecule has 32 heavy (non-hydrogen) atoms. The molecule has 2 atom stereocenters. The van der Waals surface area contributed by atoms with Gasteiger partial charge in [-0.2, -0.15) is 0 Å². The molecule has 6 rings (SSSR count). The first-order valence-corrected chi connectivity index (χ1v) is 11.4. The summed E-state index contributed by atoms with van der Waals surface area (Å²) < 4.78 is 0. The number of fused-ring (bicyclic) bond motifs is 3. The summed E-state index contributed by atoms with van der Waals surface area (Å²) in [5.41, 5.74) is 8.79. The minimum Gasteiger partial charge on any atom is -0.313 e. The molecule has 0 saturated carbocycles. The van der Waals surface area contributed by atoms with Gasteiger partial charge in [0, 0.05) is 39.5 Å². The van der Waals surface area contributed by atoms with Crippen LogP contribution in [0.2, 0.25) is 5.02 Å². The summed E-state index contributed by atoms with van der Waals surface area (Å²) in [6.45, 7) is 0. The molecule has 0 saturated heterocycles. The maximum atomic E-state index is 6.54. The maximum Gasteiger partial charge on any atom is 0.0499 e. The van der Waals surface area contributed by atoms with Gasteiger partial charge in [-0.25, -0.2) is 0 Å². The van der Waals surface area contributed by atoms with Gasteiger partial charge in [-0.15, -0.1) is 0 Å². The van der Waals surface area contributed by atoms with Crippen molar-refractivity contribution in [1.82, 2.24) is 0 Å². The Hall–Kier alpha value is -3.55. The van der Waals surface area contributed by atoms with Gasteiger partial charge in [0.1, 0.15) is 0 Å². The predicted molar refractivity (Wildman–Crippen MR) is 134 cm³/mol. The molecule has 4 aromatic rings. The zero-order valence-corrected chi connectivity index (χ0v) is 18.3. The van der Waals surface area contributed by atoms with E-state index in [0.717, 1.165) is 5.02 Å². The van der Waals surface area contributed by atoms with Gasteiger partial charge in [0.15, 0.2) is 0 Å². The van der Waals surface area contributed by atoms with Crippen LogP contribution in [-0.4, -0.2) is 0 Å². The van der Waals surface area contributed by atoms with Gasteiger partial charge in [0.25, 0.3) is 0 Å². The number of hydrogen-bond donors (Lipinski definition) is 0. The van der Waals surface area contributed by atoms with Crippen molar-refractivity contribution in [2.24, 2.45) is 0 Å². The lowest BCUT2D eigenvalue weighted by Crippen LogP contribution is -2.21. The fourth-order valence-corrected chi connectivity index (χ4v) is 5.32. The van der Waals surface area contributed by atoms with Crippen LogP contribution in [0.5, 0.6) is 0 Å². The van der Waals surface area contributed by atoms with Crippen molar-refractivity contribution in [3.8, 4) is 0 Å². The Bertz CT molecular complexity index is 1320. The molecule has 1 nitrogen and oxygen atoms in total. The van der Waals surface area contributed by atoms with Crippen molar-refractivity contribution >= 4 is 28.5 Å². The molecule has 0 bridgehead atoms. The number of anilines is 2. The quantitative estimate of drug-likeness (QED) is 0.315. The third-order valence-electron chi connectivity index (χ3n) is 6.49. The highest BCUT2D eigenvalue weighted by Crippen LogP contribution is 2.57. The van der Waals surface area contributed by atoms with E-state index in [1.165, 1.54) is 39.3 Å². The molecule has 1 aliphatic heterocycles. The number of hydrogen-bond acceptors (Lipinski definition) is 1. The van der Waals surface area contributed by atoms with Gasteiger partial charge in [-0.1, -0.05) is 103 Å². The average Bonchev–Trinajstić information content (AvgIpc) is 3.19. The smallest absolute Gasteiger partial charge is 0.0499 e. The Morgan fingerprint density at radius 2 is 1.34 bits per heavy atom. The molecule has 1 heterocycles. The molecule has 0 amide bonds. The monoisotopic (exact) mass is 431 g/mol. The third-order valence-corrected chi connectivity index (χ3v) is 6.73. The summed E-state index contributed by atoms with van der Waals surface area (Å²) in [6, 6.07) is 38.5. The van der Waals surface area contributed by atoms with Crippen LogP contribution in [0.3, 0.4) is 0 Å². The molecule has 0 fully saturated rings. The largest absolute Gasteiger partial charge is 0.313 e. The topological polar surface area (TPSA) is 3.24 Å². The van der Waals surface area contributed by atoms with Crippen molar-refractivity contribution in [2.75, 3.05) is 4.90 Å². The van der Waals surface area contributed by atoms with Crippen LogP contribution >= 0.6 is 11.6 Å². The molecular weight excluding hydrogens is 410 g/mol. The number of nitrogens with zero attached hydrogens (tertiary/aromatic N) is 1. The van der Waals surface area contributed by atoms with Gasteiger partial charge in [0.05, 0.1) is 0 Å². The molecule has 0 N–H and O–H groups in total. The molecule has 2 heteroatoms. The Labute approximate surface area is 193 Å². The summed E-state index contributed by atoms with van der Waals surface area (Å²) >= 11 is 6.54. The lowest BCUT2D eigenvalue weighted by Gasteiger charge is -2.32. The van der Waals surface area contributed by atoms with E-state index in [-0.39, 0.29) is 11.8 Å². The van der Waals surface area contributed by atoms with Gasteiger partial charge in [0.2, 0.25) is 0 Å². The molecule has 1 aliphatic carbocycles. The second-order valence-electron chi connectivity index (χ2n) is 8.31. The number of allylic oxidation sites excluding steroid dienone is 4. The molecule has 0 aromatic heterocycles. The van der Waals surface area contributed by atoms with Crippen LogP contribution in [0.25, 0.3) is 5.57 Å². The van der Waals surface area contributed by atoms with Crippen LogP contribution in [0, 0.1) is 0 Å². The normalized spacial score (nSPS) is 19.1. The van der Waals surface area contributed by atoms with E-state index in [4.69, 9.17) is 11.6 Å². The molecule has 0 spiro atoms. The van der Waals surface area contributed by atoms with E-state index in [0.29, 0.717) is 0 Å². The summed E-state index contributed by atoms with van der Waals surface area (Å²) in [4.78, 5) is 2.43. The first-order chi connectivity index (χ1) is 15.8. The maximum absolute atomic E-state index is 6.54. The molecule has 2 aliphatic rings. The van der Waals surface area contributed by atoms with E-state index in [2.05, 4.69) is 120 Å². The van der Waals surface area contributed by atoms with Crippen molar-refractivity contribution in [3.05, 3.63) is 149 Å². The highest BCUT2D eigenvalue weighted by atomic mass is 35.5. The minimum absolute atomic E-state index is 0.187. The van der Waals surface area contributed by atoms with Crippen molar-refractivity contribution < 1.29 is 0 Å². The number of para-hydroxylation sites is 1. The molecule has 0 radical (unpaired) electrons. The van der Waals surface area contributed by atoms with E-state index in [1.807, 2.05) is 6.07 Å². The predicted octanol–water partition coefficient (Wildman–Crippen LogP) is 8.34. The van der Waals surface area contributed by atoms with Gasteiger partial charge >= 0.3 is 0 Å². The molecule has 154 valence electrons. The second-order valence-corrected chi connectivity index (χ2v) is 8.75. The Balaban J connectivity index is 1.65. The first kappa shape index (κ1) is 19.2. The summed E-state index contributed by atoms with van der Waals surface area (Å²) in [5, 5.41) is 0.778. The Kier molecular flexibility index (Phi) is 4.70. The molecule has 4 aromatic carbocycles. The Morgan fingerprint density at radius 1 is 0.688 bits per heavy atom.